The Labute approximate surface area is 118 Å². The maximum atomic E-state index is 11.8. The number of hydrogen-bond acceptors (Lipinski definition) is 4. The molecule has 1 rings (SSSR count). The fourth-order valence-electron chi connectivity index (χ4n) is 1.82. The molecule has 110 valence electrons. The van der Waals surface area contributed by atoms with Crippen LogP contribution in [-0.2, 0) is 4.79 Å². The summed E-state index contributed by atoms with van der Waals surface area (Å²) in [7, 11) is 0. The Bertz CT molecular complexity index is 484. The molecule has 0 aromatic heterocycles. The Morgan fingerprint density at radius 1 is 1.20 bits per heavy atom. The molecular formula is C14H20N2O4. The predicted molar refractivity (Wildman–Crippen MR) is 74.6 cm³/mol. The highest BCUT2D eigenvalue weighted by Crippen LogP contribution is 2.21. The molecule has 0 spiro atoms. The van der Waals surface area contributed by atoms with Gasteiger partial charge in [-0.1, -0.05) is 0 Å². The summed E-state index contributed by atoms with van der Waals surface area (Å²) in [5.41, 5.74) is -0.0136. The highest BCUT2D eigenvalue weighted by atomic mass is 16.3. The Hall–Kier alpha value is -2.24. The van der Waals surface area contributed by atoms with Crippen molar-refractivity contribution in [1.82, 2.24) is 10.2 Å². The Morgan fingerprint density at radius 2 is 1.85 bits per heavy atom. The molecule has 0 atom stereocenters. The summed E-state index contributed by atoms with van der Waals surface area (Å²) in [6.07, 6.45) is 0.201. The predicted octanol–water partition coefficient (Wildman–Crippen LogP) is 1.09. The van der Waals surface area contributed by atoms with Crippen LogP contribution in [0.5, 0.6) is 11.5 Å². The minimum atomic E-state index is -0.522. The van der Waals surface area contributed by atoms with Gasteiger partial charge in [0, 0.05) is 26.1 Å². The van der Waals surface area contributed by atoms with Gasteiger partial charge >= 0.3 is 0 Å². The first-order valence-electron chi connectivity index (χ1n) is 6.57. The number of amides is 2. The molecule has 2 amide bonds. The molecule has 0 fully saturated rings. The van der Waals surface area contributed by atoms with Crippen molar-refractivity contribution in [1.29, 1.82) is 0 Å². The molecule has 20 heavy (non-hydrogen) atoms. The van der Waals surface area contributed by atoms with E-state index in [-0.39, 0.29) is 35.9 Å². The summed E-state index contributed by atoms with van der Waals surface area (Å²) in [6, 6.07) is 3.71. The van der Waals surface area contributed by atoms with Gasteiger partial charge < -0.3 is 20.4 Å². The van der Waals surface area contributed by atoms with E-state index in [0.29, 0.717) is 13.1 Å². The molecule has 3 N–H and O–H groups in total. The van der Waals surface area contributed by atoms with E-state index in [0.717, 1.165) is 0 Å². The summed E-state index contributed by atoms with van der Waals surface area (Å²) in [5.74, 6) is -0.872. The lowest BCUT2D eigenvalue weighted by Gasteiger charge is -2.18. The number of hydrogen-bond donors (Lipinski definition) is 3. The monoisotopic (exact) mass is 280 g/mol. The van der Waals surface area contributed by atoms with Crippen molar-refractivity contribution in [3.63, 3.8) is 0 Å². The SMILES string of the molecule is CCN(CC)C(=O)CCNC(=O)c1cc(O)ccc1O. The van der Waals surface area contributed by atoms with Crippen LogP contribution in [0.2, 0.25) is 0 Å². The first-order chi connectivity index (χ1) is 9.49. The Morgan fingerprint density at radius 3 is 2.45 bits per heavy atom. The van der Waals surface area contributed by atoms with Crippen molar-refractivity contribution in [2.24, 2.45) is 0 Å². The Balaban J connectivity index is 2.52. The minimum absolute atomic E-state index is 0.0136. The van der Waals surface area contributed by atoms with Crippen molar-refractivity contribution >= 4 is 11.8 Å². The number of nitrogens with one attached hydrogen (secondary N) is 1. The molecule has 0 heterocycles. The van der Waals surface area contributed by atoms with Crippen LogP contribution in [0.25, 0.3) is 0 Å². The molecule has 6 nitrogen and oxygen atoms in total. The standard InChI is InChI=1S/C14H20N2O4/c1-3-16(4-2)13(19)7-8-15-14(20)11-9-10(17)5-6-12(11)18/h5-6,9,17-18H,3-4,7-8H2,1-2H3,(H,15,20). The number of rotatable bonds is 6. The van der Waals surface area contributed by atoms with Gasteiger partial charge in [0.25, 0.3) is 5.91 Å². The minimum Gasteiger partial charge on any atom is -0.508 e. The summed E-state index contributed by atoms with van der Waals surface area (Å²) in [5, 5.41) is 21.4. The van der Waals surface area contributed by atoms with Gasteiger partial charge in [0.1, 0.15) is 11.5 Å². The third-order valence-corrected chi connectivity index (χ3v) is 2.97. The molecule has 0 aliphatic carbocycles. The van der Waals surface area contributed by atoms with Crippen molar-refractivity contribution in [3.8, 4) is 11.5 Å². The average molecular weight is 280 g/mol. The summed E-state index contributed by atoms with van der Waals surface area (Å²) in [4.78, 5) is 25.2. The third-order valence-electron chi connectivity index (χ3n) is 2.97. The molecule has 0 radical (unpaired) electrons. The maximum absolute atomic E-state index is 11.8. The van der Waals surface area contributed by atoms with Crippen LogP contribution in [0, 0.1) is 0 Å². The zero-order valence-corrected chi connectivity index (χ0v) is 11.7. The van der Waals surface area contributed by atoms with Gasteiger partial charge in [-0.25, -0.2) is 0 Å². The topological polar surface area (TPSA) is 89.9 Å². The molecular weight excluding hydrogens is 260 g/mol. The van der Waals surface area contributed by atoms with Crippen LogP contribution in [0.15, 0.2) is 18.2 Å². The maximum Gasteiger partial charge on any atom is 0.255 e. The van der Waals surface area contributed by atoms with E-state index in [1.165, 1.54) is 18.2 Å². The van der Waals surface area contributed by atoms with Gasteiger partial charge in [-0.2, -0.15) is 0 Å². The number of carbonyl (C=O) groups excluding carboxylic acids is 2. The van der Waals surface area contributed by atoms with E-state index in [1.54, 1.807) is 4.90 Å². The molecule has 6 heteroatoms. The second-order valence-corrected chi connectivity index (χ2v) is 4.27. The van der Waals surface area contributed by atoms with Crippen LogP contribution >= 0.6 is 0 Å². The first kappa shape index (κ1) is 15.8. The van der Waals surface area contributed by atoms with Gasteiger partial charge in [-0.05, 0) is 32.0 Å². The Kier molecular flexibility index (Phi) is 5.83. The van der Waals surface area contributed by atoms with Gasteiger partial charge in [-0.3, -0.25) is 9.59 Å². The van der Waals surface area contributed by atoms with Crippen LogP contribution in [-0.4, -0.2) is 46.6 Å². The number of carbonyl (C=O) groups is 2. The van der Waals surface area contributed by atoms with E-state index in [4.69, 9.17) is 0 Å². The second kappa shape index (κ2) is 7.37. The molecule has 1 aromatic rings. The largest absolute Gasteiger partial charge is 0.508 e. The van der Waals surface area contributed by atoms with Crippen LogP contribution in [0.4, 0.5) is 0 Å². The third kappa shape index (κ3) is 4.15. The van der Waals surface area contributed by atoms with Gasteiger partial charge in [-0.15, -0.1) is 0 Å². The first-order valence-corrected chi connectivity index (χ1v) is 6.57. The van der Waals surface area contributed by atoms with Crippen molar-refractivity contribution in [3.05, 3.63) is 23.8 Å². The summed E-state index contributed by atoms with van der Waals surface area (Å²) < 4.78 is 0. The van der Waals surface area contributed by atoms with E-state index in [1.807, 2.05) is 13.8 Å². The highest BCUT2D eigenvalue weighted by molar-refractivity contribution is 5.97. The molecule has 0 aliphatic rings. The number of aromatic hydroxyl groups is 2. The molecule has 0 aliphatic heterocycles. The van der Waals surface area contributed by atoms with Gasteiger partial charge in [0.05, 0.1) is 5.56 Å². The van der Waals surface area contributed by atoms with E-state index in [9.17, 15) is 19.8 Å². The lowest BCUT2D eigenvalue weighted by atomic mass is 10.1. The number of benzene rings is 1. The zero-order chi connectivity index (χ0) is 15.1. The molecule has 0 saturated heterocycles. The average Bonchev–Trinajstić information content (AvgIpc) is 2.42. The second-order valence-electron chi connectivity index (χ2n) is 4.27. The van der Waals surface area contributed by atoms with E-state index >= 15 is 0 Å². The van der Waals surface area contributed by atoms with E-state index in [2.05, 4.69) is 5.32 Å². The summed E-state index contributed by atoms with van der Waals surface area (Å²) in [6.45, 7) is 5.24. The zero-order valence-electron chi connectivity index (χ0n) is 11.7. The fraction of sp³-hybridized carbons (Fsp3) is 0.429. The summed E-state index contributed by atoms with van der Waals surface area (Å²) >= 11 is 0. The fourth-order valence-corrected chi connectivity index (χ4v) is 1.82. The molecule has 1 aromatic carbocycles. The smallest absolute Gasteiger partial charge is 0.255 e. The number of phenols is 2. The van der Waals surface area contributed by atoms with Crippen molar-refractivity contribution in [2.75, 3.05) is 19.6 Å². The van der Waals surface area contributed by atoms with Crippen LogP contribution in [0.3, 0.4) is 0 Å². The van der Waals surface area contributed by atoms with Gasteiger partial charge in [0.2, 0.25) is 5.91 Å². The van der Waals surface area contributed by atoms with Crippen LogP contribution < -0.4 is 5.32 Å². The number of nitrogens with zero attached hydrogens (tertiary/aromatic N) is 1. The van der Waals surface area contributed by atoms with E-state index < -0.39 is 5.91 Å². The quantitative estimate of drug-likeness (QED) is 0.680. The van der Waals surface area contributed by atoms with Gasteiger partial charge in [0.15, 0.2) is 0 Å². The lowest BCUT2D eigenvalue weighted by molar-refractivity contribution is -0.130. The van der Waals surface area contributed by atoms with Crippen molar-refractivity contribution < 1.29 is 19.8 Å². The molecule has 0 bridgehead atoms. The normalized spacial score (nSPS) is 10.1. The van der Waals surface area contributed by atoms with Crippen molar-refractivity contribution in [2.45, 2.75) is 20.3 Å². The molecule has 0 saturated carbocycles. The highest BCUT2D eigenvalue weighted by Gasteiger charge is 2.13. The lowest BCUT2D eigenvalue weighted by Crippen LogP contribution is -2.34. The number of phenolic OH excluding ortho intramolecular Hbond substituents is 2. The van der Waals surface area contributed by atoms with Crippen LogP contribution in [0.1, 0.15) is 30.6 Å². The molecule has 0 unspecified atom stereocenters.